The second kappa shape index (κ2) is 4.43. The van der Waals surface area contributed by atoms with E-state index >= 15 is 0 Å². The second-order valence-corrected chi connectivity index (χ2v) is 4.09. The van der Waals surface area contributed by atoms with Crippen molar-refractivity contribution in [3.63, 3.8) is 0 Å². The summed E-state index contributed by atoms with van der Waals surface area (Å²) < 4.78 is 40.1. The molecule has 0 aliphatic rings. The van der Waals surface area contributed by atoms with Crippen LogP contribution in [0.25, 0.3) is 10.9 Å². The highest BCUT2D eigenvalue weighted by Crippen LogP contribution is 2.34. The Morgan fingerprint density at radius 3 is 2.53 bits per heavy atom. The standard InChI is InChI=1S/C13H14F3N/c1-2-3-8-17-11-7-5-4-6-10(11)9-12(17)13(14,15)16/h4-7,9H,2-3,8H2,1H3. The van der Waals surface area contributed by atoms with Crippen LogP contribution in [0.1, 0.15) is 25.5 Å². The summed E-state index contributed by atoms with van der Waals surface area (Å²) in [7, 11) is 0. The molecule has 0 aliphatic heterocycles. The van der Waals surface area contributed by atoms with Gasteiger partial charge in [0.1, 0.15) is 5.69 Å². The van der Waals surface area contributed by atoms with Crippen LogP contribution in [0.2, 0.25) is 0 Å². The minimum atomic E-state index is -4.28. The highest BCUT2D eigenvalue weighted by molar-refractivity contribution is 5.81. The number of aryl methyl sites for hydroxylation is 1. The average molecular weight is 241 g/mol. The van der Waals surface area contributed by atoms with Crippen LogP contribution >= 0.6 is 0 Å². The summed E-state index contributed by atoms with van der Waals surface area (Å²) in [6.45, 7) is 2.39. The predicted molar refractivity (Wildman–Crippen MR) is 61.8 cm³/mol. The second-order valence-electron chi connectivity index (χ2n) is 4.09. The third kappa shape index (κ3) is 2.30. The molecule has 0 bridgehead atoms. The molecular weight excluding hydrogens is 227 g/mol. The quantitative estimate of drug-likeness (QED) is 0.747. The van der Waals surface area contributed by atoms with Gasteiger partial charge in [-0.15, -0.1) is 0 Å². The molecule has 0 amide bonds. The Hall–Kier alpha value is -1.45. The van der Waals surface area contributed by atoms with Gasteiger partial charge in [0.15, 0.2) is 0 Å². The van der Waals surface area contributed by atoms with Crippen LogP contribution in [-0.2, 0) is 12.7 Å². The maximum absolute atomic E-state index is 12.9. The lowest BCUT2D eigenvalue weighted by molar-refractivity contribution is -0.143. The zero-order chi connectivity index (χ0) is 12.5. The van der Waals surface area contributed by atoms with Crippen molar-refractivity contribution in [3.8, 4) is 0 Å². The minimum Gasteiger partial charge on any atom is -0.337 e. The molecule has 0 fully saturated rings. The third-order valence-corrected chi connectivity index (χ3v) is 2.84. The van der Waals surface area contributed by atoms with Gasteiger partial charge in [-0.3, -0.25) is 0 Å². The number of benzene rings is 1. The number of hydrogen-bond acceptors (Lipinski definition) is 0. The third-order valence-electron chi connectivity index (χ3n) is 2.84. The first kappa shape index (κ1) is 12.0. The van der Waals surface area contributed by atoms with Crippen molar-refractivity contribution in [2.45, 2.75) is 32.5 Å². The lowest BCUT2D eigenvalue weighted by Gasteiger charge is -2.12. The van der Waals surface area contributed by atoms with Gasteiger partial charge in [-0.2, -0.15) is 13.2 Å². The molecule has 0 radical (unpaired) electrons. The summed E-state index contributed by atoms with van der Waals surface area (Å²) in [5, 5.41) is 0.649. The molecule has 17 heavy (non-hydrogen) atoms. The van der Waals surface area contributed by atoms with Gasteiger partial charge in [-0.1, -0.05) is 31.5 Å². The van der Waals surface area contributed by atoms with Gasteiger partial charge in [0.25, 0.3) is 0 Å². The molecule has 1 nitrogen and oxygen atoms in total. The summed E-state index contributed by atoms with van der Waals surface area (Å²) in [6.07, 6.45) is -2.65. The number of unbranched alkanes of at least 4 members (excludes halogenated alkanes) is 1. The number of alkyl halides is 3. The summed E-state index contributed by atoms with van der Waals surface area (Å²) in [4.78, 5) is 0. The summed E-state index contributed by atoms with van der Waals surface area (Å²) >= 11 is 0. The topological polar surface area (TPSA) is 4.93 Å². The Morgan fingerprint density at radius 1 is 1.18 bits per heavy atom. The van der Waals surface area contributed by atoms with Gasteiger partial charge < -0.3 is 4.57 Å². The van der Waals surface area contributed by atoms with E-state index in [1.54, 1.807) is 24.3 Å². The Balaban J connectivity index is 2.57. The SMILES string of the molecule is CCCCn1c(C(F)(F)F)cc2ccccc21. The molecule has 0 saturated heterocycles. The van der Waals surface area contributed by atoms with Crippen molar-refractivity contribution in [1.82, 2.24) is 4.57 Å². The largest absolute Gasteiger partial charge is 0.431 e. The minimum absolute atomic E-state index is 0.416. The van der Waals surface area contributed by atoms with E-state index < -0.39 is 11.9 Å². The molecule has 0 aliphatic carbocycles. The number of rotatable bonds is 3. The fourth-order valence-corrected chi connectivity index (χ4v) is 2.00. The van der Waals surface area contributed by atoms with E-state index in [-0.39, 0.29) is 0 Å². The number of hydrogen-bond donors (Lipinski definition) is 0. The first-order valence-electron chi connectivity index (χ1n) is 5.69. The molecule has 0 spiro atoms. The van der Waals surface area contributed by atoms with Crippen molar-refractivity contribution in [3.05, 3.63) is 36.0 Å². The van der Waals surface area contributed by atoms with Crippen molar-refractivity contribution in [2.24, 2.45) is 0 Å². The van der Waals surface area contributed by atoms with Crippen LogP contribution in [0.3, 0.4) is 0 Å². The van der Waals surface area contributed by atoms with E-state index in [2.05, 4.69) is 0 Å². The molecule has 0 unspecified atom stereocenters. The molecule has 4 heteroatoms. The molecule has 0 saturated carbocycles. The molecular formula is C13H14F3N. The van der Waals surface area contributed by atoms with Crippen LogP contribution in [0.15, 0.2) is 30.3 Å². The first-order valence-corrected chi connectivity index (χ1v) is 5.69. The Labute approximate surface area is 97.9 Å². The van der Waals surface area contributed by atoms with Gasteiger partial charge in [0, 0.05) is 17.4 Å². The molecule has 0 N–H and O–H groups in total. The number of halogens is 3. The van der Waals surface area contributed by atoms with Gasteiger partial charge >= 0.3 is 6.18 Å². The molecule has 2 rings (SSSR count). The fraction of sp³-hybridized carbons (Fsp3) is 0.385. The molecule has 1 aromatic heterocycles. The lowest BCUT2D eigenvalue weighted by Crippen LogP contribution is -2.13. The van der Waals surface area contributed by atoms with Gasteiger partial charge in [0.2, 0.25) is 0 Å². The van der Waals surface area contributed by atoms with Gasteiger partial charge in [-0.25, -0.2) is 0 Å². The zero-order valence-corrected chi connectivity index (χ0v) is 9.59. The fourth-order valence-electron chi connectivity index (χ4n) is 2.00. The summed E-state index contributed by atoms with van der Waals surface area (Å²) in [5.41, 5.74) is 0.112. The number of para-hydroxylation sites is 1. The van der Waals surface area contributed by atoms with E-state index in [9.17, 15) is 13.2 Å². The van der Waals surface area contributed by atoms with Crippen LogP contribution < -0.4 is 0 Å². The van der Waals surface area contributed by atoms with Crippen molar-refractivity contribution >= 4 is 10.9 Å². The molecule has 1 aromatic carbocycles. The van der Waals surface area contributed by atoms with Crippen molar-refractivity contribution in [1.29, 1.82) is 0 Å². The molecule has 1 heterocycles. The van der Waals surface area contributed by atoms with Crippen molar-refractivity contribution in [2.75, 3.05) is 0 Å². The maximum atomic E-state index is 12.9. The van der Waals surface area contributed by atoms with Crippen LogP contribution in [0.5, 0.6) is 0 Å². The van der Waals surface area contributed by atoms with E-state index in [1.807, 2.05) is 6.92 Å². The highest BCUT2D eigenvalue weighted by atomic mass is 19.4. The normalized spacial score (nSPS) is 12.2. The van der Waals surface area contributed by atoms with Gasteiger partial charge in [0.05, 0.1) is 0 Å². The average Bonchev–Trinajstić information content (AvgIpc) is 2.65. The Kier molecular flexibility index (Phi) is 3.13. The number of aromatic nitrogens is 1. The smallest absolute Gasteiger partial charge is 0.337 e. The monoisotopic (exact) mass is 241 g/mol. The van der Waals surface area contributed by atoms with E-state index in [0.717, 1.165) is 12.8 Å². The maximum Gasteiger partial charge on any atom is 0.431 e. The lowest BCUT2D eigenvalue weighted by atomic mass is 10.2. The van der Waals surface area contributed by atoms with Gasteiger partial charge in [-0.05, 0) is 18.6 Å². The van der Waals surface area contributed by atoms with Crippen molar-refractivity contribution < 1.29 is 13.2 Å². The molecule has 0 atom stereocenters. The summed E-state index contributed by atoms with van der Waals surface area (Å²) in [5.74, 6) is 0. The highest BCUT2D eigenvalue weighted by Gasteiger charge is 2.35. The Bertz CT molecular complexity index is 511. The zero-order valence-electron chi connectivity index (χ0n) is 9.59. The van der Waals surface area contributed by atoms with Crippen LogP contribution in [0.4, 0.5) is 13.2 Å². The summed E-state index contributed by atoms with van der Waals surface area (Å²) in [6, 6.07) is 8.20. The molecule has 92 valence electrons. The van der Waals surface area contributed by atoms with E-state index in [4.69, 9.17) is 0 Å². The Morgan fingerprint density at radius 2 is 1.88 bits per heavy atom. The van der Waals surface area contributed by atoms with Crippen LogP contribution in [-0.4, -0.2) is 4.57 Å². The first-order chi connectivity index (χ1) is 8.04. The van der Waals surface area contributed by atoms with E-state index in [0.29, 0.717) is 17.4 Å². The number of nitrogens with zero attached hydrogens (tertiary/aromatic N) is 1. The number of fused-ring (bicyclic) bond motifs is 1. The van der Waals surface area contributed by atoms with E-state index in [1.165, 1.54) is 10.6 Å². The van der Waals surface area contributed by atoms with Crippen LogP contribution in [0, 0.1) is 0 Å². The molecule has 2 aromatic rings. The predicted octanol–water partition coefficient (Wildman–Crippen LogP) is 4.46.